The van der Waals surface area contributed by atoms with E-state index >= 15 is 0 Å². The first-order valence-electron chi connectivity index (χ1n) is 14.2. The molecule has 2 aliphatic carbocycles. The van der Waals surface area contributed by atoms with Crippen molar-refractivity contribution in [2.75, 3.05) is 12.1 Å². The maximum Gasteiger partial charge on any atom is 0.315 e. The fourth-order valence-corrected chi connectivity index (χ4v) is 6.38. The number of anilines is 1. The van der Waals surface area contributed by atoms with Crippen molar-refractivity contribution in [1.29, 1.82) is 0 Å². The van der Waals surface area contributed by atoms with Gasteiger partial charge in [-0.1, -0.05) is 55.0 Å². The van der Waals surface area contributed by atoms with Crippen molar-refractivity contribution in [2.24, 2.45) is 11.8 Å². The Morgan fingerprint density at radius 2 is 1.90 bits per heavy atom. The Labute approximate surface area is 240 Å². The van der Waals surface area contributed by atoms with Crippen LogP contribution in [0.2, 0.25) is 0 Å². The number of halogens is 1. The summed E-state index contributed by atoms with van der Waals surface area (Å²) in [7, 11) is 1.64. The molecule has 1 aliphatic heterocycles. The standard InChI is InChI=1S/C34H35FN4O2/c1-22-30-21-37-39(28-15-13-27(35)14-16-28)32(30)19-26-12-11-25(33(22)26)18-31(24-8-4-3-5-9-24)38-34(40)36-20-23-7-6-10-29(17-23)41-2/h3-10,13-17,19,21-22,25,31,37H,11-12,18,20H2,1-2H3,(H2,36,38,40)/t22-,25+,31?/m0/s1. The monoisotopic (exact) mass is 550 g/mol. The summed E-state index contributed by atoms with van der Waals surface area (Å²) in [4.78, 5) is 13.1. The Bertz CT molecular complexity index is 1510. The van der Waals surface area contributed by atoms with Crippen molar-refractivity contribution < 1.29 is 13.9 Å². The van der Waals surface area contributed by atoms with Crippen molar-refractivity contribution in [2.45, 2.75) is 38.8 Å². The summed E-state index contributed by atoms with van der Waals surface area (Å²) < 4.78 is 18.8. The van der Waals surface area contributed by atoms with Crippen LogP contribution in [0.5, 0.6) is 5.75 Å². The van der Waals surface area contributed by atoms with Crippen LogP contribution in [0.25, 0.3) is 0 Å². The van der Waals surface area contributed by atoms with E-state index in [1.54, 1.807) is 19.2 Å². The summed E-state index contributed by atoms with van der Waals surface area (Å²) in [6.45, 7) is 2.69. The van der Waals surface area contributed by atoms with Crippen LogP contribution < -0.4 is 25.8 Å². The van der Waals surface area contributed by atoms with Crippen LogP contribution in [0, 0.1) is 17.7 Å². The minimum atomic E-state index is -0.244. The number of rotatable bonds is 8. The van der Waals surface area contributed by atoms with Crippen LogP contribution in [-0.2, 0) is 6.54 Å². The molecule has 0 aromatic heterocycles. The fourth-order valence-electron chi connectivity index (χ4n) is 6.38. The molecule has 0 radical (unpaired) electrons. The van der Waals surface area contributed by atoms with E-state index in [4.69, 9.17) is 4.74 Å². The predicted molar refractivity (Wildman–Crippen MR) is 159 cm³/mol. The summed E-state index contributed by atoms with van der Waals surface area (Å²) in [5.74, 6) is 1.12. The van der Waals surface area contributed by atoms with E-state index in [-0.39, 0.29) is 23.8 Å². The zero-order valence-corrected chi connectivity index (χ0v) is 23.4. The number of hydrazine groups is 1. The third kappa shape index (κ3) is 5.57. The van der Waals surface area contributed by atoms with Crippen LogP contribution >= 0.6 is 0 Å². The summed E-state index contributed by atoms with van der Waals surface area (Å²) in [6.07, 6.45) is 7.23. The molecule has 6 rings (SSSR count). The van der Waals surface area contributed by atoms with Crippen LogP contribution in [-0.4, -0.2) is 13.1 Å². The number of nitrogens with zero attached hydrogens (tertiary/aromatic N) is 1. The molecule has 3 N–H and O–H groups in total. The molecule has 0 saturated carbocycles. The van der Waals surface area contributed by atoms with Gasteiger partial charge in [-0.15, -0.1) is 0 Å². The van der Waals surface area contributed by atoms with Gasteiger partial charge in [0.2, 0.25) is 0 Å². The maximum absolute atomic E-state index is 13.5. The number of carbonyl (C=O) groups is 1. The van der Waals surface area contributed by atoms with Crippen molar-refractivity contribution >= 4 is 11.7 Å². The fraction of sp³-hybridized carbons (Fsp3) is 0.265. The van der Waals surface area contributed by atoms with Gasteiger partial charge in [0, 0.05) is 24.2 Å². The lowest BCUT2D eigenvalue weighted by Crippen LogP contribution is -2.38. The molecule has 0 spiro atoms. The van der Waals surface area contributed by atoms with Gasteiger partial charge in [-0.3, -0.25) is 5.01 Å². The van der Waals surface area contributed by atoms with Gasteiger partial charge in [0.15, 0.2) is 0 Å². The molecular weight excluding hydrogens is 515 g/mol. The lowest BCUT2D eigenvalue weighted by atomic mass is 9.78. The summed E-state index contributed by atoms with van der Waals surface area (Å²) in [6, 6.07) is 24.2. The Hall–Kier alpha value is -4.52. The molecule has 1 heterocycles. The van der Waals surface area contributed by atoms with Gasteiger partial charge in [-0.25, -0.2) is 9.18 Å². The molecule has 3 aromatic rings. The first-order valence-corrected chi connectivity index (χ1v) is 14.2. The maximum atomic E-state index is 13.5. The second kappa shape index (κ2) is 11.5. The molecule has 3 atom stereocenters. The molecule has 2 amide bonds. The normalized spacial score (nSPS) is 19.9. The number of urea groups is 1. The molecule has 7 heteroatoms. The van der Waals surface area contributed by atoms with Gasteiger partial charge in [-0.05, 0) is 84.4 Å². The number of nitrogens with one attached hydrogen (secondary N) is 3. The van der Waals surface area contributed by atoms with Gasteiger partial charge in [0.1, 0.15) is 11.6 Å². The Morgan fingerprint density at radius 3 is 2.68 bits per heavy atom. The quantitative estimate of drug-likeness (QED) is 0.285. The Morgan fingerprint density at radius 1 is 1.10 bits per heavy atom. The molecule has 41 heavy (non-hydrogen) atoms. The first-order chi connectivity index (χ1) is 20.0. The van der Waals surface area contributed by atoms with Crippen molar-refractivity contribution in [3.05, 3.63) is 130 Å². The molecule has 6 nitrogen and oxygen atoms in total. The average Bonchev–Trinajstić information content (AvgIpc) is 3.61. The molecule has 210 valence electrons. The van der Waals surface area contributed by atoms with E-state index in [1.165, 1.54) is 28.9 Å². The zero-order chi connectivity index (χ0) is 28.3. The topological polar surface area (TPSA) is 65.6 Å². The lowest BCUT2D eigenvalue weighted by Gasteiger charge is -2.31. The van der Waals surface area contributed by atoms with Gasteiger partial charge < -0.3 is 20.8 Å². The van der Waals surface area contributed by atoms with Crippen LogP contribution in [0.1, 0.15) is 43.4 Å². The van der Waals surface area contributed by atoms with Crippen molar-refractivity contribution in [3.8, 4) is 5.75 Å². The number of ether oxygens (including phenoxy) is 1. The number of methoxy groups -OCH3 is 1. The Kier molecular flexibility index (Phi) is 7.51. The minimum absolute atomic E-state index is 0.123. The number of fused-ring (bicyclic) bond motifs is 1. The van der Waals surface area contributed by atoms with E-state index in [0.717, 1.165) is 47.5 Å². The van der Waals surface area contributed by atoms with E-state index in [9.17, 15) is 9.18 Å². The second-order valence-corrected chi connectivity index (χ2v) is 10.9. The molecule has 0 saturated heterocycles. The molecule has 0 fully saturated rings. The zero-order valence-electron chi connectivity index (χ0n) is 23.4. The summed E-state index contributed by atoms with van der Waals surface area (Å²) in [5, 5.41) is 8.32. The lowest BCUT2D eigenvalue weighted by molar-refractivity contribution is 0.234. The second-order valence-electron chi connectivity index (χ2n) is 10.9. The third-order valence-corrected chi connectivity index (χ3v) is 8.40. The summed E-state index contributed by atoms with van der Waals surface area (Å²) >= 11 is 0. The number of amides is 2. The molecule has 3 aromatic carbocycles. The Balaban J connectivity index is 1.19. The third-order valence-electron chi connectivity index (χ3n) is 8.40. The smallest absolute Gasteiger partial charge is 0.315 e. The van der Waals surface area contributed by atoms with Crippen LogP contribution in [0.15, 0.2) is 114 Å². The number of hydrogen-bond donors (Lipinski definition) is 3. The van der Waals surface area contributed by atoms with Gasteiger partial charge >= 0.3 is 6.03 Å². The number of benzene rings is 3. The molecule has 3 aliphatic rings. The number of carbonyl (C=O) groups excluding carboxylic acids is 1. The van der Waals surface area contributed by atoms with E-state index in [2.05, 4.69) is 47.4 Å². The number of hydrogen-bond acceptors (Lipinski definition) is 4. The van der Waals surface area contributed by atoms with Gasteiger partial charge in [0.25, 0.3) is 0 Å². The van der Waals surface area contributed by atoms with Crippen LogP contribution in [0.4, 0.5) is 14.9 Å². The highest BCUT2D eigenvalue weighted by molar-refractivity contribution is 5.74. The van der Waals surface area contributed by atoms with Crippen molar-refractivity contribution in [3.63, 3.8) is 0 Å². The van der Waals surface area contributed by atoms with E-state index in [0.29, 0.717) is 12.5 Å². The highest BCUT2D eigenvalue weighted by Gasteiger charge is 2.39. The van der Waals surface area contributed by atoms with Gasteiger partial charge in [0.05, 0.1) is 24.5 Å². The van der Waals surface area contributed by atoms with Gasteiger partial charge in [-0.2, -0.15) is 0 Å². The SMILES string of the molecule is COc1cccc(CNC(=O)NC(C[C@H]2CCC3=C2[C@@H](C)C2=CNN(c4ccc(F)cc4)C2=C3)c2ccccc2)c1. The number of allylic oxidation sites excluding steroid dienone is 4. The highest BCUT2D eigenvalue weighted by Crippen LogP contribution is 2.49. The largest absolute Gasteiger partial charge is 0.497 e. The average molecular weight is 551 g/mol. The molecule has 0 bridgehead atoms. The highest BCUT2D eigenvalue weighted by atomic mass is 19.1. The van der Waals surface area contributed by atoms with Crippen LogP contribution in [0.3, 0.4) is 0 Å². The van der Waals surface area contributed by atoms with E-state index in [1.807, 2.05) is 47.5 Å². The molecular formula is C34H35FN4O2. The summed E-state index contributed by atoms with van der Waals surface area (Å²) in [5.41, 5.74) is 11.6. The predicted octanol–water partition coefficient (Wildman–Crippen LogP) is 6.91. The van der Waals surface area contributed by atoms with Crippen molar-refractivity contribution in [1.82, 2.24) is 16.1 Å². The minimum Gasteiger partial charge on any atom is -0.497 e. The first kappa shape index (κ1) is 26.7. The molecule has 1 unspecified atom stereocenters. The van der Waals surface area contributed by atoms with E-state index < -0.39 is 0 Å².